The molecule has 0 aliphatic heterocycles. The second-order valence-corrected chi connectivity index (χ2v) is 5.74. The summed E-state index contributed by atoms with van der Waals surface area (Å²) in [5.41, 5.74) is 8.17. The molecule has 5 heteroatoms. The summed E-state index contributed by atoms with van der Waals surface area (Å²) in [4.78, 5) is 18.6. The van der Waals surface area contributed by atoms with Gasteiger partial charge in [0.15, 0.2) is 0 Å². The SMILES string of the molecule is CCCN(Cc1ccccc1N)C(=O)c1csc(C)n1. The lowest BCUT2D eigenvalue weighted by molar-refractivity contribution is 0.0738. The predicted molar refractivity (Wildman–Crippen MR) is 82.7 cm³/mol. The number of nitrogens with zero attached hydrogens (tertiary/aromatic N) is 2. The Balaban J connectivity index is 2.19. The fourth-order valence-corrected chi connectivity index (χ4v) is 2.62. The zero-order valence-electron chi connectivity index (χ0n) is 11.8. The number of amides is 1. The number of carbonyl (C=O) groups excluding carboxylic acids is 1. The normalized spacial score (nSPS) is 10.5. The number of rotatable bonds is 5. The van der Waals surface area contributed by atoms with Gasteiger partial charge in [-0.15, -0.1) is 11.3 Å². The quantitative estimate of drug-likeness (QED) is 0.860. The van der Waals surface area contributed by atoms with E-state index in [4.69, 9.17) is 5.73 Å². The van der Waals surface area contributed by atoms with Crippen molar-refractivity contribution < 1.29 is 4.79 Å². The summed E-state index contributed by atoms with van der Waals surface area (Å²) < 4.78 is 0. The van der Waals surface area contributed by atoms with Gasteiger partial charge in [-0.2, -0.15) is 0 Å². The largest absolute Gasteiger partial charge is 0.398 e. The minimum atomic E-state index is -0.0283. The van der Waals surface area contributed by atoms with Crippen molar-refractivity contribution in [3.05, 3.63) is 45.9 Å². The third kappa shape index (κ3) is 3.36. The summed E-state index contributed by atoms with van der Waals surface area (Å²) in [6.07, 6.45) is 0.904. The first-order valence-corrected chi connectivity index (χ1v) is 7.54. The molecule has 0 aliphatic carbocycles. The molecule has 1 aromatic carbocycles. The van der Waals surface area contributed by atoms with E-state index in [1.54, 1.807) is 4.90 Å². The van der Waals surface area contributed by atoms with Crippen molar-refractivity contribution in [3.8, 4) is 0 Å². The average molecular weight is 289 g/mol. The van der Waals surface area contributed by atoms with E-state index in [0.29, 0.717) is 18.8 Å². The summed E-state index contributed by atoms with van der Waals surface area (Å²) in [5, 5.41) is 2.72. The Morgan fingerprint density at radius 1 is 1.40 bits per heavy atom. The van der Waals surface area contributed by atoms with Crippen molar-refractivity contribution in [1.29, 1.82) is 0 Å². The lowest BCUT2D eigenvalue weighted by Gasteiger charge is -2.22. The molecule has 0 radical (unpaired) electrons. The third-order valence-corrected chi connectivity index (χ3v) is 3.81. The molecular formula is C15H19N3OS. The van der Waals surface area contributed by atoms with Crippen LogP contribution >= 0.6 is 11.3 Å². The van der Waals surface area contributed by atoms with E-state index in [0.717, 1.165) is 22.7 Å². The molecule has 0 fully saturated rings. The van der Waals surface area contributed by atoms with E-state index in [1.165, 1.54) is 11.3 Å². The van der Waals surface area contributed by atoms with Gasteiger partial charge in [0.2, 0.25) is 0 Å². The van der Waals surface area contributed by atoms with Crippen LogP contribution in [0, 0.1) is 6.92 Å². The molecule has 4 nitrogen and oxygen atoms in total. The first-order valence-electron chi connectivity index (χ1n) is 6.66. The minimum Gasteiger partial charge on any atom is -0.398 e. The van der Waals surface area contributed by atoms with Crippen LogP contribution < -0.4 is 5.73 Å². The van der Waals surface area contributed by atoms with E-state index in [9.17, 15) is 4.79 Å². The summed E-state index contributed by atoms with van der Waals surface area (Å²) in [6, 6.07) is 7.65. The number of thiazole rings is 1. The standard InChI is InChI=1S/C15H19N3OS/c1-3-8-18(9-12-6-4-5-7-13(12)16)15(19)14-10-20-11(2)17-14/h4-7,10H,3,8-9,16H2,1-2H3. The Morgan fingerprint density at radius 2 is 2.15 bits per heavy atom. The van der Waals surface area contributed by atoms with Gasteiger partial charge in [-0.3, -0.25) is 4.79 Å². The first-order chi connectivity index (χ1) is 9.61. The molecule has 0 spiro atoms. The highest BCUT2D eigenvalue weighted by atomic mass is 32.1. The number of benzene rings is 1. The van der Waals surface area contributed by atoms with Crippen LogP contribution in [0.4, 0.5) is 5.69 Å². The number of nitrogen functional groups attached to an aromatic ring is 1. The minimum absolute atomic E-state index is 0.0283. The summed E-state index contributed by atoms with van der Waals surface area (Å²) in [5.74, 6) is -0.0283. The molecule has 2 N–H and O–H groups in total. The molecule has 20 heavy (non-hydrogen) atoms. The smallest absolute Gasteiger partial charge is 0.273 e. The van der Waals surface area contributed by atoms with E-state index < -0.39 is 0 Å². The van der Waals surface area contributed by atoms with Crippen LogP contribution in [0.5, 0.6) is 0 Å². The van der Waals surface area contributed by atoms with Gasteiger partial charge in [-0.25, -0.2) is 4.98 Å². The van der Waals surface area contributed by atoms with Crippen molar-refractivity contribution in [2.24, 2.45) is 0 Å². The molecule has 2 rings (SSSR count). The van der Waals surface area contributed by atoms with Gasteiger partial charge in [0.05, 0.1) is 5.01 Å². The fraction of sp³-hybridized carbons (Fsp3) is 0.333. The Bertz CT molecular complexity index is 594. The van der Waals surface area contributed by atoms with Crippen molar-refractivity contribution in [1.82, 2.24) is 9.88 Å². The highest BCUT2D eigenvalue weighted by Gasteiger charge is 2.18. The number of para-hydroxylation sites is 1. The number of carbonyl (C=O) groups is 1. The number of anilines is 1. The lowest BCUT2D eigenvalue weighted by Crippen LogP contribution is -2.31. The monoisotopic (exact) mass is 289 g/mol. The zero-order valence-corrected chi connectivity index (χ0v) is 12.6. The van der Waals surface area contributed by atoms with Gasteiger partial charge < -0.3 is 10.6 Å². The summed E-state index contributed by atoms with van der Waals surface area (Å²) in [6.45, 7) is 5.18. The number of hydrogen-bond donors (Lipinski definition) is 1. The van der Waals surface area contributed by atoms with Gasteiger partial charge in [-0.05, 0) is 25.0 Å². The number of nitrogens with two attached hydrogens (primary N) is 1. The van der Waals surface area contributed by atoms with E-state index >= 15 is 0 Å². The Hall–Kier alpha value is -1.88. The molecular weight excluding hydrogens is 270 g/mol. The molecule has 1 amide bonds. The number of aryl methyl sites for hydroxylation is 1. The van der Waals surface area contributed by atoms with Gasteiger partial charge >= 0.3 is 0 Å². The highest BCUT2D eigenvalue weighted by Crippen LogP contribution is 2.17. The van der Waals surface area contributed by atoms with Crippen LogP contribution in [-0.2, 0) is 6.54 Å². The molecule has 1 aromatic heterocycles. The number of aromatic nitrogens is 1. The summed E-state index contributed by atoms with van der Waals surface area (Å²) in [7, 11) is 0. The third-order valence-electron chi connectivity index (χ3n) is 3.04. The predicted octanol–water partition coefficient (Wildman–Crippen LogP) is 3.09. The van der Waals surface area contributed by atoms with Gasteiger partial charge in [-0.1, -0.05) is 25.1 Å². The summed E-state index contributed by atoms with van der Waals surface area (Å²) >= 11 is 1.49. The van der Waals surface area contributed by atoms with E-state index in [1.807, 2.05) is 36.6 Å². The maximum atomic E-state index is 12.5. The van der Waals surface area contributed by atoms with Crippen molar-refractivity contribution in [2.45, 2.75) is 26.8 Å². The Morgan fingerprint density at radius 3 is 2.75 bits per heavy atom. The second-order valence-electron chi connectivity index (χ2n) is 4.68. The van der Waals surface area contributed by atoms with Crippen molar-refractivity contribution >= 4 is 22.9 Å². The molecule has 0 unspecified atom stereocenters. The van der Waals surface area contributed by atoms with Crippen molar-refractivity contribution in [3.63, 3.8) is 0 Å². The van der Waals surface area contributed by atoms with Gasteiger partial charge in [0, 0.05) is 24.2 Å². The molecule has 1 heterocycles. The van der Waals surface area contributed by atoms with Crippen LogP contribution in [0.2, 0.25) is 0 Å². The Kier molecular flexibility index (Phi) is 4.74. The molecule has 0 saturated carbocycles. The fourth-order valence-electron chi connectivity index (χ4n) is 2.03. The lowest BCUT2D eigenvalue weighted by atomic mass is 10.1. The van der Waals surface area contributed by atoms with Crippen LogP contribution in [0.1, 0.15) is 34.4 Å². The van der Waals surface area contributed by atoms with Crippen LogP contribution in [0.25, 0.3) is 0 Å². The first kappa shape index (κ1) is 14.5. The van der Waals surface area contributed by atoms with Crippen molar-refractivity contribution in [2.75, 3.05) is 12.3 Å². The van der Waals surface area contributed by atoms with E-state index in [2.05, 4.69) is 11.9 Å². The average Bonchev–Trinajstić information content (AvgIpc) is 2.86. The maximum absolute atomic E-state index is 12.5. The van der Waals surface area contributed by atoms with E-state index in [-0.39, 0.29) is 5.91 Å². The number of hydrogen-bond acceptors (Lipinski definition) is 4. The van der Waals surface area contributed by atoms with Crippen LogP contribution in [0.15, 0.2) is 29.6 Å². The molecule has 0 aliphatic rings. The topological polar surface area (TPSA) is 59.2 Å². The van der Waals surface area contributed by atoms with Gasteiger partial charge in [0.25, 0.3) is 5.91 Å². The molecule has 2 aromatic rings. The van der Waals surface area contributed by atoms with Gasteiger partial charge in [0.1, 0.15) is 5.69 Å². The molecule has 0 saturated heterocycles. The second kappa shape index (κ2) is 6.52. The van der Waals surface area contributed by atoms with Crippen LogP contribution in [0.3, 0.4) is 0 Å². The van der Waals surface area contributed by atoms with Crippen LogP contribution in [-0.4, -0.2) is 22.3 Å². The zero-order chi connectivity index (χ0) is 14.5. The maximum Gasteiger partial charge on any atom is 0.273 e. The Labute approximate surface area is 123 Å². The molecule has 0 bridgehead atoms. The highest BCUT2D eigenvalue weighted by molar-refractivity contribution is 7.09. The molecule has 0 atom stereocenters. The molecule has 106 valence electrons.